The first-order valence-corrected chi connectivity index (χ1v) is 7.21. The third-order valence-electron chi connectivity index (χ3n) is 3.44. The van der Waals surface area contributed by atoms with E-state index in [9.17, 15) is 9.59 Å². The van der Waals surface area contributed by atoms with Crippen LogP contribution in [0.5, 0.6) is 0 Å². The van der Waals surface area contributed by atoms with Crippen LogP contribution in [0.2, 0.25) is 0 Å². The van der Waals surface area contributed by atoms with Crippen LogP contribution in [-0.2, 0) is 9.59 Å². The number of nitrogens with zero attached hydrogens (tertiary/aromatic N) is 1. The molecule has 2 heterocycles. The van der Waals surface area contributed by atoms with E-state index in [1.807, 2.05) is 30.5 Å². The molecule has 1 amide bonds. The van der Waals surface area contributed by atoms with Gasteiger partial charge in [-0.1, -0.05) is 6.07 Å². The van der Waals surface area contributed by atoms with Gasteiger partial charge in [0.25, 0.3) is 0 Å². The molecule has 1 aliphatic rings. The number of likely N-dealkylation sites (tertiary alicyclic amines) is 1. The van der Waals surface area contributed by atoms with Gasteiger partial charge in [0.1, 0.15) is 0 Å². The normalized spacial score (nSPS) is 23.7. The number of carboxylic acids is 1. The molecule has 2 rings (SSSR count). The molecule has 2 atom stereocenters. The van der Waals surface area contributed by atoms with Gasteiger partial charge in [0.05, 0.1) is 5.92 Å². The first kappa shape index (κ1) is 13.8. The summed E-state index contributed by atoms with van der Waals surface area (Å²) < 4.78 is 0. The Morgan fingerprint density at radius 3 is 2.89 bits per heavy atom. The Morgan fingerprint density at radius 2 is 2.32 bits per heavy atom. The standard InChI is InChI=1S/C14H17NO3S/c1-10-9-11(14(17)18)6-7-15(10)13(16)5-4-12-3-2-8-19-12/h2-5,8,10-11H,6-7,9H2,1H3,(H,17,18)/b5-4+. The minimum atomic E-state index is -0.756. The lowest BCUT2D eigenvalue weighted by Gasteiger charge is -2.35. The van der Waals surface area contributed by atoms with E-state index in [4.69, 9.17) is 5.11 Å². The Hall–Kier alpha value is -1.62. The van der Waals surface area contributed by atoms with Crippen LogP contribution in [0.1, 0.15) is 24.6 Å². The van der Waals surface area contributed by atoms with Gasteiger partial charge in [-0.15, -0.1) is 11.3 Å². The fourth-order valence-corrected chi connectivity index (χ4v) is 2.98. The number of hydrogen-bond acceptors (Lipinski definition) is 3. The molecule has 1 aromatic heterocycles. The number of carboxylic acid groups (broad SMARTS) is 1. The zero-order chi connectivity index (χ0) is 13.8. The van der Waals surface area contributed by atoms with Gasteiger partial charge in [-0.25, -0.2) is 0 Å². The van der Waals surface area contributed by atoms with Crippen molar-refractivity contribution in [2.75, 3.05) is 6.54 Å². The fourth-order valence-electron chi connectivity index (χ4n) is 2.36. The van der Waals surface area contributed by atoms with Crippen LogP contribution in [-0.4, -0.2) is 34.5 Å². The van der Waals surface area contributed by atoms with Gasteiger partial charge >= 0.3 is 5.97 Å². The number of carbonyl (C=O) groups is 2. The van der Waals surface area contributed by atoms with Crippen molar-refractivity contribution in [1.29, 1.82) is 0 Å². The predicted octanol–water partition coefficient (Wildman–Crippen LogP) is 2.47. The summed E-state index contributed by atoms with van der Waals surface area (Å²) in [7, 11) is 0. The average molecular weight is 279 g/mol. The molecular weight excluding hydrogens is 262 g/mol. The molecule has 0 aliphatic carbocycles. The van der Waals surface area contributed by atoms with Crippen LogP contribution in [0.4, 0.5) is 0 Å². The number of thiophene rings is 1. The van der Waals surface area contributed by atoms with Gasteiger partial charge < -0.3 is 10.0 Å². The van der Waals surface area contributed by atoms with Crippen molar-refractivity contribution < 1.29 is 14.7 Å². The second-order valence-corrected chi connectivity index (χ2v) is 5.77. The SMILES string of the molecule is CC1CC(C(=O)O)CCN1C(=O)/C=C/c1cccs1. The zero-order valence-electron chi connectivity index (χ0n) is 10.8. The molecule has 5 heteroatoms. The maximum absolute atomic E-state index is 12.1. The summed E-state index contributed by atoms with van der Waals surface area (Å²) in [6.45, 7) is 2.43. The van der Waals surface area contributed by atoms with E-state index in [-0.39, 0.29) is 17.9 Å². The summed E-state index contributed by atoms with van der Waals surface area (Å²) in [5, 5.41) is 11.0. The summed E-state index contributed by atoms with van der Waals surface area (Å²) in [5.41, 5.74) is 0. The molecule has 0 radical (unpaired) electrons. The Bertz CT molecular complexity index is 481. The second kappa shape index (κ2) is 6.02. The van der Waals surface area contributed by atoms with Gasteiger partial charge in [-0.2, -0.15) is 0 Å². The van der Waals surface area contributed by atoms with Crippen LogP contribution in [0, 0.1) is 5.92 Å². The summed E-state index contributed by atoms with van der Waals surface area (Å²) in [4.78, 5) is 25.8. The van der Waals surface area contributed by atoms with Crippen LogP contribution >= 0.6 is 11.3 Å². The Labute approximate surface area is 116 Å². The Morgan fingerprint density at radius 1 is 1.53 bits per heavy atom. The third kappa shape index (κ3) is 3.44. The van der Waals surface area contributed by atoms with E-state index in [1.54, 1.807) is 22.3 Å². The molecule has 1 aromatic rings. The van der Waals surface area contributed by atoms with Gasteiger partial charge in [-0.3, -0.25) is 9.59 Å². The van der Waals surface area contributed by atoms with E-state index in [1.165, 1.54) is 0 Å². The van der Waals surface area contributed by atoms with Crippen LogP contribution in [0.15, 0.2) is 23.6 Å². The van der Waals surface area contributed by atoms with Gasteiger partial charge in [0.15, 0.2) is 0 Å². The number of aliphatic carboxylic acids is 1. The summed E-state index contributed by atoms with van der Waals surface area (Å²) in [6.07, 6.45) is 4.46. The highest BCUT2D eigenvalue weighted by molar-refractivity contribution is 7.10. The average Bonchev–Trinajstić information content (AvgIpc) is 2.88. The number of hydrogen-bond donors (Lipinski definition) is 1. The first-order chi connectivity index (χ1) is 9.08. The van der Waals surface area contributed by atoms with Crippen molar-refractivity contribution in [3.8, 4) is 0 Å². The zero-order valence-corrected chi connectivity index (χ0v) is 11.6. The van der Waals surface area contributed by atoms with E-state index in [0.717, 1.165) is 4.88 Å². The highest BCUT2D eigenvalue weighted by Gasteiger charge is 2.31. The Kier molecular flexibility index (Phi) is 4.37. The van der Waals surface area contributed by atoms with Crippen molar-refractivity contribution in [3.63, 3.8) is 0 Å². The van der Waals surface area contributed by atoms with Crippen LogP contribution in [0.25, 0.3) is 6.08 Å². The number of amides is 1. The molecule has 0 bridgehead atoms. The van der Waals surface area contributed by atoms with Crippen LogP contribution in [0.3, 0.4) is 0 Å². The van der Waals surface area contributed by atoms with Crippen molar-refractivity contribution in [2.45, 2.75) is 25.8 Å². The quantitative estimate of drug-likeness (QED) is 0.865. The number of carbonyl (C=O) groups excluding carboxylic acids is 1. The maximum Gasteiger partial charge on any atom is 0.306 e. The molecule has 0 spiro atoms. The monoisotopic (exact) mass is 279 g/mol. The van der Waals surface area contributed by atoms with Crippen molar-refractivity contribution in [2.24, 2.45) is 5.92 Å². The molecule has 1 aliphatic heterocycles. The molecule has 19 heavy (non-hydrogen) atoms. The van der Waals surface area contributed by atoms with E-state index < -0.39 is 5.97 Å². The topological polar surface area (TPSA) is 57.6 Å². The maximum atomic E-state index is 12.1. The lowest BCUT2D eigenvalue weighted by atomic mass is 9.91. The molecule has 102 valence electrons. The minimum Gasteiger partial charge on any atom is -0.481 e. The number of piperidine rings is 1. The highest BCUT2D eigenvalue weighted by atomic mass is 32.1. The Balaban J connectivity index is 1.95. The predicted molar refractivity (Wildman–Crippen MR) is 74.9 cm³/mol. The second-order valence-electron chi connectivity index (χ2n) is 4.79. The third-order valence-corrected chi connectivity index (χ3v) is 4.28. The van der Waals surface area contributed by atoms with Gasteiger partial charge in [0.2, 0.25) is 5.91 Å². The summed E-state index contributed by atoms with van der Waals surface area (Å²) in [5.74, 6) is -1.11. The smallest absolute Gasteiger partial charge is 0.306 e. The van der Waals surface area contributed by atoms with Crippen molar-refractivity contribution in [1.82, 2.24) is 4.90 Å². The largest absolute Gasteiger partial charge is 0.481 e. The molecular formula is C14H17NO3S. The molecule has 1 N–H and O–H groups in total. The molecule has 1 saturated heterocycles. The van der Waals surface area contributed by atoms with Gasteiger partial charge in [-0.05, 0) is 37.3 Å². The van der Waals surface area contributed by atoms with Crippen molar-refractivity contribution >= 4 is 29.3 Å². The molecule has 2 unspecified atom stereocenters. The molecule has 4 nitrogen and oxygen atoms in total. The molecule has 0 aromatic carbocycles. The van der Waals surface area contributed by atoms with Crippen molar-refractivity contribution in [3.05, 3.63) is 28.5 Å². The summed E-state index contributed by atoms with van der Waals surface area (Å²) in [6, 6.07) is 3.87. The van der Waals surface area contributed by atoms with E-state index >= 15 is 0 Å². The van der Waals surface area contributed by atoms with E-state index in [0.29, 0.717) is 19.4 Å². The lowest BCUT2D eigenvalue weighted by Crippen LogP contribution is -2.45. The molecule has 1 fully saturated rings. The molecule has 0 saturated carbocycles. The fraction of sp³-hybridized carbons (Fsp3) is 0.429. The highest BCUT2D eigenvalue weighted by Crippen LogP contribution is 2.23. The van der Waals surface area contributed by atoms with E-state index in [2.05, 4.69) is 0 Å². The van der Waals surface area contributed by atoms with Gasteiger partial charge in [0, 0.05) is 23.5 Å². The summed E-state index contributed by atoms with van der Waals surface area (Å²) >= 11 is 1.58. The first-order valence-electron chi connectivity index (χ1n) is 6.33. The van der Waals surface area contributed by atoms with Crippen LogP contribution < -0.4 is 0 Å². The lowest BCUT2D eigenvalue weighted by molar-refractivity contribution is -0.146. The number of rotatable bonds is 3. The minimum absolute atomic E-state index is 0.0182.